The Morgan fingerprint density at radius 1 is 1.55 bits per heavy atom. The largest absolute Gasteiger partial charge is 0.389 e. The van der Waals surface area contributed by atoms with Crippen LogP contribution >= 0.6 is 0 Å². The number of aliphatic hydroxyl groups excluding tert-OH is 1. The molecule has 0 spiro atoms. The van der Waals surface area contributed by atoms with Crippen LogP contribution in [0.5, 0.6) is 0 Å². The van der Waals surface area contributed by atoms with Gasteiger partial charge in [0.15, 0.2) is 0 Å². The molecule has 1 unspecified atom stereocenters. The van der Waals surface area contributed by atoms with Gasteiger partial charge in [-0.3, -0.25) is 0 Å². The highest BCUT2D eigenvalue weighted by molar-refractivity contribution is 4.95. The van der Waals surface area contributed by atoms with Crippen LogP contribution in [0.1, 0.15) is 27.2 Å². The van der Waals surface area contributed by atoms with Gasteiger partial charge in [0.1, 0.15) is 0 Å². The van der Waals surface area contributed by atoms with Gasteiger partial charge in [0, 0.05) is 5.54 Å². The van der Waals surface area contributed by atoms with Crippen molar-refractivity contribution in [3.8, 4) is 0 Å². The van der Waals surface area contributed by atoms with Crippen LogP contribution in [0.4, 0.5) is 0 Å². The van der Waals surface area contributed by atoms with E-state index < -0.39 is 11.6 Å². The molecule has 0 saturated carbocycles. The normalized spacial score (nSPS) is 52.6. The average molecular weight is 159 g/mol. The van der Waals surface area contributed by atoms with Gasteiger partial charge in [-0.25, -0.2) is 0 Å². The molecule has 0 radical (unpaired) electrons. The molecule has 1 heterocycles. The van der Waals surface area contributed by atoms with Crippen molar-refractivity contribution >= 4 is 0 Å². The van der Waals surface area contributed by atoms with Crippen LogP contribution in [-0.2, 0) is 4.74 Å². The van der Waals surface area contributed by atoms with Gasteiger partial charge in [-0.2, -0.15) is 0 Å². The van der Waals surface area contributed by atoms with Crippen molar-refractivity contribution < 1.29 is 9.84 Å². The molecule has 0 amide bonds. The van der Waals surface area contributed by atoms with E-state index in [0.717, 1.165) is 6.42 Å². The van der Waals surface area contributed by atoms with E-state index in [4.69, 9.17) is 10.5 Å². The molecule has 11 heavy (non-hydrogen) atoms. The standard InChI is InChI=1S/C8H17NO2/c1-5-4-8(3,9)7(10)6(2)11-5/h5-7,10H,4,9H2,1-3H3/t5-,6-,7-,8?/m0/s1. The summed E-state index contributed by atoms with van der Waals surface area (Å²) in [6, 6.07) is 0. The Morgan fingerprint density at radius 2 is 2.09 bits per heavy atom. The molecule has 3 N–H and O–H groups in total. The van der Waals surface area contributed by atoms with Crippen LogP contribution in [0.3, 0.4) is 0 Å². The van der Waals surface area contributed by atoms with Gasteiger partial charge >= 0.3 is 0 Å². The first-order valence-corrected chi connectivity index (χ1v) is 4.06. The third-order valence-electron chi connectivity index (χ3n) is 2.29. The van der Waals surface area contributed by atoms with Crippen LogP contribution in [0.25, 0.3) is 0 Å². The Hall–Kier alpha value is -0.120. The Balaban J connectivity index is 2.67. The summed E-state index contributed by atoms with van der Waals surface area (Å²) in [7, 11) is 0. The monoisotopic (exact) mass is 159 g/mol. The third-order valence-corrected chi connectivity index (χ3v) is 2.29. The lowest BCUT2D eigenvalue weighted by Gasteiger charge is -2.42. The minimum atomic E-state index is -0.543. The lowest BCUT2D eigenvalue weighted by molar-refractivity contribution is -0.135. The number of nitrogens with two attached hydrogens (primary N) is 1. The predicted molar refractivity (Wildman–Crippen MR) is 43.2 cm³/mol. The summed E-state index contributed by atoms with van der Waals surface area (Å²) in [5.74, 6) is 0. The van der Waals surface area contributed by atoms with E-state index in [-0.39, 0.29) is 12.2 Å². The first-order chi connectivity index (χ1) is 4.93. The van der Waals surface area contributed by atoms with E-state index in [0.29, 0.717) is 0 Å². The number of ether oxygens (including phenoxy) is 1. The average Bonchev–Trinajstić information content (AvgIpc) is 1.81. The number of rotatable bonds is 0. The minimum absolute atomic E-state index is 0.145. The SMILES string of the molecule is C[C@@H]1O[C@@H](C)CC(C)(N)[C@H]1O. The molecule has 0 aromatic rings. The molecule has 4 atom stereocenters. The summed E-state index contributed by atoms with van der Waals surface area (Å²) in [6.45, 7) is 5.70. The summed E-state index contributed by atoms with van der Waals surface area (Å²) in [6.07, 6.45) is 0.189. The lowest BCUT2D eigenvalue weighted by atomic mass is 9.84. The summed E-state index contributed by atoms with van der Waals surface area (Å²) < 4.78 is 5.40. The quantitative estimate of drug-likeness (QED) is 0.533. The zero-order valence-electron chi connectivity index (χ0n) is 7.37. The Kier molecular flexibility index (Phi) is 2.23. The van der Waals surface area contributed by atoms with E-state index in [9.17, 15) is 5.11 Å². The maximum atomic E-state index is 9.57. The zero-order chi connectivity index (χ0) is 8.65. The second-order valence-corrected chi connectivity index (χ2v) is 3.81. The fraction of sp³-hybridized carbons (Fsp3) is 1.00. The molecule has 0 aromatic carbocycles. The molecule has 1 fully saturated rings. The van der Waals surface area contributed by atoms with Gasteiger partial charge in [-0.05, 0) is 27.2 Å². The molecule has 0 bridgehead atoms. The smallest absolute Gasteiger partial charge is 0.0976 e. The van der Waals surface area contributed by atoms with Gasteiger partial charge in [0.25, 0.3) is 0 Å². The second kappa shape index (κ2) is 2.73. The van der Waals surface area contributed by atoms with Crippen molar-refractivity contribution in [2.24, 2.45) is 5.73 Å². The summed E-state index contributed by atoms with van der Waals surface area (Å²) in [4.78, 5) is 0. The Morgan fingerprint density at radius 3 is 2.55 bits per heavy atom. The van der Waals surface area contributed by atoms with Gasteiger partial charge in [0.2, 0.25) is 0 Å². The van der Waals surface area contributed by atoms with Gasteiger partial charge in [-0.1, -0.05) is 0 Å². The topological polar surface area (TPSA) is 55.5 Å². The molecule has 1 rings (SSSR count). The van der Waals surface area contributed by atoms with Crippen LogP contribution in [0, 0.1) is 0 Å². The molecular weight excluding hydrogens is 142 g/mol. The maximum absolute atomic E-state index is 9.57. The molecule has 1 saturated heterocycles. The molecule has 0 aliphatic carbocycles. The first-order valence-electron chi connectivity index (χ1n) is 4.06. The molecule has 66 valence electrons. The highest BCUT2D eigenvalue weighted by Gasteiger charge is 2.39. The van der Waals surface area contributed by atoms with Crippen molar-refractivity contribution in [3.63, 3.8) is 0 Å². The number of hydrogen-bond acceptors (Lipinski definition) is 3. The number of aliphatic hydroxyl groups is 1. The van der Waals surface area contributed by atoms with E-state index in [1.165, 1.54) is 0 Å². The fourth-order valence-corrected chi connectivity index (χ4v) is 1.77. The van der Waals surface area contributed by atoms with Gasteiger partial charge in [-0.15, -0.1) is 0 Å². The predicted octanol–water partition coefficient (Wildman–Crippen LogP) is 0.262. The lowest BCUT2D eigenvalue weighted by Crippen LogP contribution is -2.59. The van der Waals surface area contributed by atoms with E-state index in [1.54, 1.807) is 0 Å². The summed E-state index contributed by atoms with van der Waals surface area (Å²) >= 11 is 0. The zero-order valence-corrected chi connectivity index (χ0v) is 7.37. The van der Waals surface area contributed by atoms with Crippen molar-refractivity contribution in [2.75, 3.05) is 0 Å². The van der Waals surface area contributed by atoms with E-state index in [1.807, 2.05) is 20.8 Å². The Bertz CT molecular complexity index is 147. The molecule has 1 aliphatic rings. The minimum Gasteiger partial charge on any atom is -0.389 e. The maximum Gasteiger partial charge on any atom is 0.0976 e. The molecule has 1 aliphatic heterocycles. The highest BCUT2D eigenvalue weighted by Crippen LogP contribution is 2.26. The first kappa shape index (κ1) is 8.97. The number of hydrogen-bond donors (Lipinski definition) is 2. The van der Waals surface area contributed by atoms with Crippen LogP contribution in [-0.4, -0.2) is 29.0 Å². The summed E-state index contributed by atoms with van der Waals surface area (Å²) in [5.41, 5.74) is 5.38. The molecular formula is C8H17NO2. The molecule has 3 nitrogen and oxygen atoms in total. The van der Waals surface area contributed by atoms with Crippen molar-refractivity contribution in [3.05, 3.63) is 0 Å². The van der Waals surface area contributed by atoms with Crippen molar-refractivity contribution in [1.82, 2.24) is 0 Å². The van der Waals surface area contributed by atoms with E-state index >= 15 is 0 Å². The fourth-order valence-electron chi connectivity index (χ4n) is 1.77. The van der Waals surface area contributed by atoms with Gasteiger partial charge in [0.05, 0.1) is 18.3 Å². The van der Waals surface area contributed by atoms with Crippen LogP contribution < -0.4 is 5.73 Å². The molecule has 3 heteroatoms. The third kappa shape index (κ3) is 1.72. The summed E-state index contributed by atoms with van der Waals surface area (Å²) in [5, 5.41) is 9.57. The Labute approximate surface area is 67.5 Å². The van der Waals surface area contributed by atoms with Crippen molar-refractivity contribution in [1.29, 1.82) is 0 Å². The van der Waals surface area contributed by atoms with E-state index in [2.05, 4.69) is 0 Å². The van der Waals surface area contributed by atoms with Gasteiger partial charge < -0.3 is 15.6 Å². The second-order valence-electron chi connectivity index (χ2n) is 3.81. The highest BCUT2D eigenvalue weighted by atomic mass is 16.5. The van der Waals surface area contributed by atoms with Crippen molar-refractivity contribution in [2.45, 2.75) is 51.0 Å². The van der Waals surface area contributed by atoms with Crippen LogP contribution in [0.2, 0.25) is 0 Å². The molecule has 0 aromatic heterocycles. The van der Waals surface area contributed by atoms with Crippen LogP contribution in [0.15, 0.2) is 0 Å².